The van der Waals surface area contributed by atoms with Gasteiger partial charge in [0.05, 0.1) is 11.1 Å². The monoisotopic (exact) mass is 381 g/mol. The van der Waals surface area contributed by atoms with E-state index in [0.717, 1.165) is 5.69 Å². The van der Waals surface area contributed by atoms with Gasteiger partial charge >= 0.3 is 0 Å². The van der Waals surface area contributed by atoms with Crippen LogP contribution in [0.4, 0.5) is 0 Å². The maximum Gasteiger partial charge on any atom is 0.213 e. The zero-order valence-corrected chi connectivity index (χ0v) is 18.2. The Kier molecular flexibility index (Phi) is 4.96. The fraction of sp³-hybridized carbons (Fsp3) is 0.259. The summed E-state index contributed by atoms with van der Waals surface area (Å²) < 4.78 is 2.31. The van der Waals surface area contributed by atoms with Crippen LogP contribution in [-0.4, -0.2) is 4.98 Å². The summed E-state index contributed by atoms with van der Waals surface area (Å²) in [5.74, 6) is 0.491. The largest absolute Gasteiger partial charge is 0.256 e. The Hall–Kier alpha value is -3.00. The average Bonchev–Trinajstić information content (AvgIpc) is 2.71. The molecule has 0 aliphatic carbocycles. The van der Waals surface area contributed by atoms with Gasteiger partial charge in [-0.15, -0.1) is 0 Å². The topological polar surface area (TPSA) is 16.8 Å². The van der Waals surface area contributed by atoms with Gasteiger partial charge in [0.1, 0.15) is 7.05 Å². The number of aromatic nitrogens is 2. The minimum Gasteiger partial charge on any atom is -0.256 e. The predicted molar refractivity (Wildman–Crippen MR) is 122 cm³/mol. The summed E-state index contributed by atoms with van der Waals surface area (Å²) in [6.07, 6.45) is 2.01. The molecule has 2 aromatic heterocycles. The first kappa shape index (κ1) is 19.3. The molecule has 0 bridgehead atoms. The highest BCUT2D eigenvalue weighted by atomic mass is 14.9. The summed E-state index contributed by atoms with van der Waals surface area (Å²) in [7, 11) is 2.16. The van der Waals surface area contributed by atoms with Gasteiger partial charge in [0.25, 0.3) is 0 Å². The zero-order valence-electron chi connectivity index (χ0n) is 18.2. The van der Waals surface area contributed by atoms with E-state index in [1.165, 1.54) is 50.0 Å². The number of hydrogen-bond donors (Lipinski definition) is 0. The summed E-state index contributed by atoms with van der Waals surface area (Å²) in [5.41, 5.74) is 11.2. The Morgan fingerprint density at radius 3 is 2.34 bits per heavy atom. The number of benzene rings is 2. The number of nitrogens with zero attached hydrogens (tertiary/aromatic N) is 2. The van der Waals surface area contributed by atoms with Gasteiger partial charge in [-0.1, -0.05) is 43.7 Å². The number of hydrogen-bond acceptors (Lipinski definition) is 1. The van der Waals surface area contributed by atoms with Crippen molar-refractivity contribution >= 4 is 10.9 Å². The lowest BCUT2D eigenvalue weighted by Crippen LogP contribution is -2.32. The Balaban J connectivity index is 1.89. The Morgan fingerprint density at radius 2 is 1.66 bits per heavy atom. The van der Waals surface area contributed by atoms with Gasteiger partial charge in [-0.25, -0.2) is 0 Å². The van der Waals surface area contributed by atoms with Gasteiger partial charge in [0.15, 0.2) is 0 Å². The summed E-state index contributed by atoms with van der Waals surface area (Å²) in [6.45, 7) is 11.0. The van der Waals surface area contributed by atoms with Crippen molar-refractivity contribution in [3.8, 4) is 22.5 Å². The molecule has 4 aromatic rings. The molecule has 4 rings (SSSR count). The summed E-state index contributed by atoms with van der Waals surface area (Å²) in [6, 6.07) is 19.9. The van der Waals surface area contributed by atoms with E-state index < -0.39 is 0 Å². The quantitative estimate of drug-likeness (QED) is 0.373. The molecular formula is C27H29N2+. The Bertz CT molecular complexity index is 1200. The fourth-order valence-corrected chi connectivity index (χ4v) is 4.13. The highest BCUT2D eigenvalue weighted by Gasteiger charge is 2.19. The Labute approximate surface area is 173 Å². The molecule has 0 radical (unpaired) electrons. The van der Waals surface area contributed by atoms with Crippen LogP contribution in [0.25, 0.3) is 33.4 Å². The number of aryl methyl sites for hydroxylation is 3. The lowest BCUT2D eigenvalue weighted by molar-refractivity contribution is -0.633. The lowest BCUT2D eigenvalue weighted by Gasteiger charge is -2.12. The average molecular weight is 382 g/mol. The van der Waals surface area contributed by atoms with E-state index in [9.17, 15) is 0 Å². The van der Waals surface area contributed by atoms with E-state index in [1.807, 2.05) is 6.20 Å². The molecule has 146 valence electrons. The summed E-state index contributed by atoms with van der Waals surface area (Å²) >= 11 is 0. The van der Waals surface area contributed by atoms with Crippen LogP contribution >= 0.6 is 0 Å². The SMILES string of the molecule is Cc1cc(C)c(C)c(-c2ccc3c(-c4ccc(C(C)C)cn4)cccc3[n+]2C)c1. The van der Waals surface area contributed by atoms with Crippen molar-refractivity contribution < 1.29 is 4.57 Å². The third kappa shape index (κ3) is 3.44. The van der Waals surface area contributed by atoms with Gasteiger partial charge in [-0.3, -0.25) is 4.98 Å². The molecule has 2 nitrogen and oxygen atoms in total. The van der Waals surface area contributed by atoms with E-state index in [4.69, 9.17) is 4.98 Å². The minimum atomic E-state index is 0.491. The second kappa shape index (κ2) is 7.44. The van der Waals surface area contributed by atoms with Gasteiger partial charge in [0, 0.05) is 29.5 Å². The van der Waals surface area contributed by atoms with Crippen molar-refractivity contribution in [2.24, 2.45) is 7.05 Å². The van der Waals surface area contributed by atoms with E-state index in [1.54, 1.807) is 0 Å². The molecule has 0 amide bonds. The smallest absolute Gasteiger partial charge is 0.213 e. The van der Waals surface area contributed by atoms with Crippen molar-refractivity contribution in [1.29, 1.82) is 0 Å². The molecule has 29 heavy (non-hydrogen) atoms. The maximum atomic E-state index is 4.76. The van der Waals surface area contributed by atoms with Crippen LogP contribution < -0.4 is 4.57 Å². The third-order valence-electron chi connectivity index (χ3n) is 6.03. The number of rotatable bonds is 3. The normalized spacial score (nSPS) is 11.4. The first-order valence-corrected chi connectivity index (χ1v) is 10.3. The van der Waals surface area contributed by atoms with E-state index in [0.29, 0.717) is 5.92 Å². The molecule has 2 aromatic carbocycles. The van der Waals surface area contributed by atoms with E-state index >= 15 is 0 Å². The summed E-state index contributed by atoms with van der Waals surface area (Å²) in [4.78, 5) is 4.76. The first-order chi connectivity index (χ1) is 13.9. The molecule has 0 fully saturated rings. The molecule has 0 unspecified atom stereocenters. The first-order valence-electron chi connectivity index (χ1n) is 10.3. The van der Waals surface area contributed by atoms with Crippen molar-refractivity contribution in [3.63, 3.8) is 0 Å². The van der Waals surface area contributed by atoms with Crippen LogP contribution in [-0.2, 0) is 7.05 Å². The van der Waals surface area contributed by atoms with Crippen LogP contribution in [0.1, 0.15) is 42.0 Å². The molecule has 0 spiro atoms. The van der Waals surface area contributed by atoms with Gasteiger partial charge in [-0.05, 0) is 61.6 Å². The minimum absolute atomic E-state index is 0.491. The van der Waals surface area contributed by atoms with Crippen molar-refractivity contribution in [2.75, 3.05) is 0 Å². The molecular weight excluding hydrogens is 352 g/mol. The van der Waals surface area contributed by atoms with Crippen LogP contribution in [0.5, 0.6) is 0 Å². The Morgan fingerprint density at radius 1 is 0.862 bits per heavy atom. The molecule has 0 aliphatic rings. The molecule has 0 saturated heterocycles. The van der Waals surface area contributed by atoms with Crippen molar-refractivity contribution in [2.45, 2.75) is 40.5 Å². The van der Waals surface area contributed by atoms with E-state index in [-0.39, 0.29) is 0 Å². The summed E-state index contributed by atoms with van der Waals surface area (Å²) in [5, 5.41) is 1.23. The van der Waals surface area contributed by atoms with Gasteiger partial charge in [0.2, 0.25) is 11.2 Å². The highest BCUT2D eigenvalue weighted by molar-refractivity contribution is 5.92. The van der Waals surface area contributed by atoms with Crippen molar-refractivity contribution in [3.05, 3.63) is 83.0 Å². The molecule has 0 aliphatic heterocycles. The van der Waals surface area contributed by atoms with Crippen molar-refractivity contribution in [1.82, 2.24) is 4.98 Å². The van der Waals surface area contributed by atoms with Gasteiger partial charge < -0.3 is 0 Å². The maximum absolute atomic E-state index is 4.76. The highest BCUT2D eigenvalue weighted by Crippen LogP contribution is 2.30. The second-order valence-electron chi connectivity index (χ2n) is 8.40. The van der Waals surface area contributed by atoms with E-state index in [2.05, 4.69) is 101 Å². The third-order valence-corrected chi connectivity index (χ3v) is 6.03. The predicted octanol–water partition coefficient (Wildman–Crippen LogP) is 6.44. The molecule has 2 heterocycles. The van der Waals surface area contributed by atoms with Crippen LogP contribution in [0.15, 0.2) is 60.8 Å². The van der Waals surface area contributed by atoms with Gasteiger partial charge in [-0.2, -0.15) is 4.57 Å². The molecule has 0 N–H and O–H groups in total. The van der Waals surface area contributed by atoms with Crippen LogP contribution in [0.3, 0.4) is 0 Å². The molecule has 0 atom stereocenters. The lowest BCUT2D eigenvalue weighted by atomic mass is 9.96. The standard InChI is InChI=1S/C27H29N2/c1-17(2)21-10-12-25(28-16-21)22-8-7-9-26-23(22)11-13-27(29(26)6)24-15-18(3)14-19(4)20(24)5/h7-17H,1-6H3/q+1. The molecule has 0 saturated carbocycles. The number of fused-ring (bicyclic) bond motifs is 1. The van der Waals surface area contributed by atoms with Crippen LogP contribution in [0, 0.1) is 20.8 Å². The van der Waals surface area contributed by atoms with Crippen LogP contribution in [0.2, 0.25) is 0 Å². The zero-order chi connectivity index (χ0) is 20.7. The fourth-order valence-electron chi connectivity index (χ4n) is 4.13. The number of pyridine rings is 2. The molecule has 2 heteroatoms. The second-order valence-corrected chi connectivity index (χ2v) is 8.40.